The molecule has 5 nitrogen and oxygen atoms in total. The summed E-state index contributed by atoms with van der Waals surface area (Å²) in [7, 11) is 0. The van der Waals surface area contributed by atoms with Crippen molar-refractivity contribution in [1.82, 2.24) is 9.78 Å². The molecule has 18 heavy (non-hydrogen) atoms. The third kappa shape index (κ3) is 4.36. The maximum Gasteiger partial charge on any atom is 0.408 e. The van der Waals surface area contributed by atoms with Gasteiger partial charge in [-0.05, 0) is 5.92 Å². The first kappa shape index (κ1) is 14.5. The average molecular weight is 264 g/mol. The summed E-state index contributed by atoms with van der Waals surface area (Å²) in [4.78, 5) is 11.5. The summed E-state index contributed by atoms with van der Waals surface area (Å²) in [5.41, 5.74) is 5.59. The quantitative estimate of drug-likeness (QED) is 0.862. The monoisotopic (exact) mass is 264 g/mol. The van der Waals surface area contributed by atoms with Gasteiger partial charge in [0, 0.05) is 12.3 Å². The molecule has 0 spiro atoms. The van der Waals surface area contributed by atoms with Crippen molar-refractivity contribution in [3.05, 3.63) is 12.3 Å². The molecule has 1 heterocycles. The molecule has 0 aliphatic heterocycles. The van der Waals surface area contributed by atoms with E-state index in [0.717, 1.165) is 6.20 Å². The molecule has 0 saturated carbocycles. The number of carbonyl (C=O) groups excluding carboxylic acids is 1. The van der Waals surface area contributed by atoms with Gasteiger partial charge >= 0.3 is 6.18 Å². The zero-order valence-electron chi connectivity index (χ0n) is 10.0. The second-order valence-electron chi connectivity index (χ2n) is 4.27. The standard InChI is InChI=1S/C10H15F3N4O/c1-6(2)8(14)9(18)15-7-3-4-17(16-7)5-10(11,12)13/h3-4,6,8H,5,14H2,1-2H3,(H,15,16,18)/t8-/m0/s1. The largest absolute Gasteiger partial charge is 0.408 e. The van der Waals surface area contributed by atoms with Crippen molar-refractivity contribution in [3.8, 4) is 0 Å². The van der Waals surface area contributed by atoms with E-state index in [2.05, 4.69) is 10.4 Å². The van der Waals surface area contributed by atoms with Gasteiger partial charge in [0.2, 0.25) is 5.91 Å². The molecule has 0 radical (unpaired) electrons. The van der Waals surface area contributed by atoms with Crippen LogP contribution >= 0.6 is 0 Å². The molecular weight excluding hydrogens is 249 g/mol. The maximum atomic E-state index is 12.1. The van der Waals surface area contributed by atoms with Crippen LogP contribution in [-0.4, -0.2) is 27.9 Å². The fraction of sp³-hybridized carbons (Fsp3) is 0.600. The predicted molar refractivity (Wildman–Crippen MR) is 59.7 cm³/mol. The van der Waals surface area contributed by atoms with Crippen LogP contribution in [0.15, 0.2) is 12.3 Å². The van der Waals surface area contributed by atoms with Crippen LogP contribution in [0.3, 0.4) is 0 Å². The molecule has 1 rings (SSSR count). The summed E-state index contributed by atoms with van der Waals surface area (Å²) in [6.45, 7) is 2.35. The molecule has 8 heteroatoms. The summed E-state index contributed by atoms with van der Waals surface area (Å²) in [6.07, 6.45) is -3.20. The molecule has 1 amide bonds. The molecular formula is C10H15F3N4O. The number of hydrogen-bond donors (Lipinski definition) is 2. The third-order valence-corrected chi connectivity index (χ3v) is 2.25. The lowest BCUT2D eigenvalue weighted by molar-refractivity contribution is -0.142. The van der Waals surface area contributed by atoms with Gasteiger partial charge in [-0.25, -0.2) is 0 Å². The molecule has 0 aliphatic carbocycles. The van der Waals surface area contributed by atoms with Gasteiger partial charge in [-0.2, -0.15) is 18.3 Å². The summed E-state index contributed by atoms with van der Waals surface area (Å²) in [6, 6.07) is 0.564. The molecule has 0 aliphatic rings. The number of rotatable bonds is 4. The van der Waals surface area contributed by atoms with Crippen LogP contribution in [-0.2, 0) is 11.3 Å². The number of carbonyl (C=O) groups is 1. The number of alkyl halides is 3. The number of anilines is 1. The lowest BCUT2D eigenvalue weighted by Crippen LogP contribution is -2.39. The van der Waals surface area contributed by atoms with Crippen LogP contribution in [0.1, 0.15) is 13.8 Å². The molecule has 1 atom stereocenters. The Morgan fingerprint density at radius 2 is 2.17 bits per heavy atom. The first-order chi connectivity index (χ1) is 8.19. The van der Waals surface area contributed by atoms with E-state index in [-0.39, 0.29) is 11.7 Å². The van der Waals surface area contributed by atoms with Crippen LogP contribution in [0.2, 0.25) is 0 Å². The fourth-order valence-electron chi connectivity index (χ4n) is 1.21. The normalized spacial score (nSPS) is 13.7. The average Bonchev–Trinajstić information content (AvgIpc) is 2.61. The number of hydrogen-bond acceptors (Lipinski definition) is 3. The highest BCUT2D eigenvalue weighted by Crippen LogP contribution is 2.17. The molecule has 0 aromatic carbocycles. The third-order valence-electron chi connectivity index (χ3n) is 2.25. The number of amides is 1. The van der Waals surface area contributed by atoms with E-state index in [1.54, 1.807) is 13.8 Å². The Morgan fingerprint density at radius 1 is 1.56 bits per heavy atom. The van der Waals surface area contributed by atoms with Crippen LogP contribution in [0.5, 0.6) is 0 Å². The minimum atomic E-state index is -4.35. The zero-order chi connectivity index (χ0) is 13.9. The Morgan fingerprint density at radius 3 is 2.67 bits per heavy atom. The van der Waals surface area contributed by atoms with Gasteiger partial charge in [-0.15, -0.1) is 0 Å². The van der Waals surface area contributed by atoms with Crippen LogP contribution in [0.25, 0.3) is 0 Å². The van der Waals surface area contributed by atoms with Crippen molar-refractivity contribution < 1.29 is 18.0 Å². The number of nitrogens with one attached hydrogen (secondary N) is 1. The van der Waals surface area contributed by atoms with Gasteiger partial charge in [0.25, 0.3) is 0 Å². The van der Waals surface area contributed by atoms with Crippen molar-refractivity contribution >= 4 is 11.7 Å². The van der Waals surface area contributed by atoms with Gasteiger partial charge in [-0.1, -0.05) is 13.8 Å². The highest BCUT2D eigenvalue weighted by Gasteiger charge is 2.28. The minimum absolute atomic E-state index is 0.0559. The number of aromatic nitrogens is 2. The Kier molecular flexibility index (Phi) is 4.33. The fourth-order valence-corrected chi connectivity index (χ4v) is 1.21. The second kappa shape index (κ2) is 5.38. The van der Waals surface area contributed by atoms with Gasteiger partial charge in [0.15, 0.2) is 5.82 Å². The highest BCUT2D eigenvalue weighted by molar-refractivity contribution is 5.93. The first-order valence-electron chi connectivity index (χ1n) is 5.35. The van der Waals surface area contributed by atoms with E-state index in [9.17, 15) is 18.0 Å². The Balaban J connectivity index is 2.62. The zero-order valence-corrected chi connectivity index (χ0v) is 10.0. The van der Waals surface area contributed by atoms with E-state index >= 15 is 0 Å². The van der Waals surface area contributed by atoms with Crippen LogP contribution in [0.4, 0.5) is 19.0 Å². The van der Waals surface area contributed by atoms with Crippen LogP contribution in [0, 0.1) is 5.92 Å². The molecule has 0 saturated heterocycles. The molecule has 0 fully saturated rings. The maximum absolute atomic E-state index is 12.1. The summed E-state index contributed by atoms with van der Waals surface area (Å²) < 4.78 is 36.9. The summed E-state index contributed by atoms with van der Waals surface area (Å²) in [5.74, 6) is -0.482. The minimum Gasteiger partial charge on any atom is -0.320 e. The van der Waals surface area contributed by atoms with Gasteiger partial charge in [0.05, 0.1) is 6.04 Å². The smallest absolute Gasteiger partial charge is 0.320 e. The highest BCUT2D eigenvalue weighted by atomic mass is 19.4. The second-order valence-corrected chi connectivity index (χ2v) is 4.27. The van der Waals surface area contributed by atoms with E-state index in [4.69, 9.17) is 5.73 Å². The number of halogens is 3. The van der Waals surface area contributed by atoms with Gasteiger partial charge < -0.3 is 11.1 Å². The Hall–Kier alpha value is -1.57. The topological polar surface area (TPSA) is 72.9 Å². The molecule has 0 bridgehead atoms. The van der Waals surface area contributed by atoms with E-state index in [1.807, 2.05) is 0 Å². The molecule has 1 aromatic rings. The molecule has 1 aromatic heterocycles. The summed E-state index contributed by atoms with van der Waals surface area (Å²) in [5, 5.41) is 5.95. The van der Waals surface area contributed by atoms with Crippen molar-refractivity contribution in [2.24, 2.45) is 11.7 Å². The van der Waals surface area contributed by atoms with Crippen molar-refractivity contribution in [1.29, 1.82) is 0 Å². The lowest BCUT2D eigenvalue weighted by Gasteiger charge is -2.13. The molecule has 3 N–H and O–H groups in total. The first-order valence-corrected chi connectivity index (χ1v) is 5.35. The number of nitrogens with two attached hydrogens (primary N) is 1. The van der Waals surface area contributed by atoms with Crippen molar-refractivity contribution in [2.75, 3.05) is 5.32 Å². The summed E-state index contributed by atoms with van der Waals surface area (Å²) >= 11 is 0. The van der Waals surface area contributed by atoms with Crippen molar-refractivity contribution in [2.45, 2.75) is 32.6 Å². The van der Waals surface area contributed by atoms with Crippen molar-refractivity contribution in [3.63, 3.8) is 0 Å². The molecule has 102 valence electrons. The number of nitrogens with zero attached hydrogens (tertiary/aromatic N) is 2. The Labute approximate surface area is 102 Å². The van der Waals surface area contributed by atoms with E-state index < -0.39 is 24.7 Å². The lowest BCUT2D eigenvalue weighted by atomic mass is 10.1. The Bertz CT molecular complexity index is 414. The van der Waals surface area contributed by atoms with Gasteiger partial charge in [-0.3, -0.25) is 9.48 Å². The van der Waals surface area contributed by atoms with Crippen LogP contribution < -0.4 is 11.1 Å². The van der Waals surface area contributed by atoms with E-state index in [0.29, 0.717) is 4.68 Å². The molecule has 0 unspecified atom stereocenters. The van der Waals surface area contributed by atoms with Gasteiger partial charge in [0.1, 0.15) is 6.54 Å². The predicted octanol–water partition coefficient (Wildman–Crippen LogP) is 1.37. The SMILES string of the molecule is CC(C)[C@H](N)C(=O)Nc1ccn(CC(F)(F)F)n1. The van der Waals surface area contributed by atoms with E-state index in [1.165, 1.54) is 6.07 Å².